The molecule has 0 spiro atoms. The van der Waals surface area contributed by atoms with Crippen molar-refractivity contribution in [2.24, 2.45) is 0 Å². The number of carbonyl (C=O) groups excluding carboxylic acids is 1. The normalized spacial score (nSPS) is 15.3. The first-order valence-electron chi connectivity index (χ1n) is 15.1. The van der Waals surface area contributed by atoms with Crippen LogP contribution in [0, 0.1) is 13.8 Å². The molecule has 0 saturated heterocycles. The van der Waals surface area contributed by atoms with E-state index in [0.29, 0.717) is 19.6 Å². The molecule has 2 heterocycles. The first-order chi connectivity index (χ1) is 20.5. The van der Waals surface area contributed by atoms with Crippen molar-refractivity contribution >= 4 is 5.91 Å². The van der Waals surface area contributed by atoms with Gasteiger partial charge in [-0.05, 0) is 84.5 Å². The van der Waals surface area contributed by atoms with Crippen LogP contribution in [0.4, 0.5) is 0 Å². The Bertz CT molecular complexity index is 1500. The smallest absolute Gasteiger partial charge is 0.227 e. The zero-order valence-electron chi connectivity index (χ0n) is 25.0. The summed E-state index contributed by atoms with van der Waals surface area (Å²) in [4.78, 5) is 25.1. The number of aromatic nitrogens is 2. The number of aryl methyl sites for hydroxylation is 3. The number of aliphatic hydroxyl groups is 1. The van der Waals surface area contributed by atoms with Crippen molar-refractivity contribution in [3.05, 3.63) is 129 Å². The van der Waals surface area contributed by atoms with E-state index in [1.54, 1.807) is 0 Å². The van der Waals surface area contributed by atoms with Crippen LogP contribution in [0.2, 0.25) is 0 Å². The number of benzene rings is 2. The molecule has 2 atom stereocenters. The largest absolute Gasteiger partial charge is 0.392 e. The summed E-state index contributed by atoms with van der Waals surface area (Å²) < 4.78 is 0. The molecule has 218 valence electrons. The van der Waals surface area contributed by atoms with Crippen molar-refractivity contribution in [2.75, 3.05) is 0 Å². The van der Waals surface area contributed by atoms with E-state index < -0.39 is 0 Å². The van der Waals surface area contributed by atoms with Crippen LogP contribution in [0.3, 0.4) is 0 Å². The number of carbonyl (C=O) groups is 1. The predicted molar refractivity (Wildman–Crippen MR) is 167 cm³/mol. The van der Waals surface area contributed by atoms with Gasteiger partial charge in [-0.3, -0.25) is 19.7 Å². The van der Waals surface area contributed by atoms with Gasteiger partial charge in [-0.2, -0.15) is 0 Å². The Morgan fingerprint density at radius 2 is 1.86 bits per heavy atom. The second-order valence-corrected chi connectivity index (χ2v) is 11.5. The van der Waals surface area contributed by atoms with Gasteiger partial charge in [-0.1, -0.05) is 67.6 Å². The number of rotatable bonds is 11. The highest BCUT2D eigenvalue weighted by molar-refractivity contribution is 5.83. The molecule has 4 aromatic rings. The topological polar surface area (TPSA) is 78.4 Å². The van der Waals surface area contributed by atoms with Crippen molar-refractivity contribution in [1.29, 1.82) is 0 Å². The molecule has 42 heavy (non-hydrogen) atoms. The van der Waals surface area contributed by atoms with Crippen LogP contribution >= 0.6 is 0 Å². The van der Waals surface area contributed by atoms with Gasteiger partial charge in [-0.15, -0.1) is 0 Å². The number of amides is 1. The summed E-state index contributed by atoms with van der Waals surface area (Å²) in [5.74, 6) is -0.156. The van der Waals surface area contributed by atoms with Crippen LogP contribution in [0.1, 0.15) is 88.5 Å². The minimum atomic E-state index is -0.179. The maximum atomic E-state index is 13.0. The van der Waals surface area contributed by atoms with Gasteiger partial charge in [0.1, 0.15) is 0 Å². The van der Waals surface area contributed by atoms with Crippen LogP contribution in [0.25, 0.3) is 0 Å². The monoisotopic (exact) mass is 562 g/mol. The minimum absolute atomic E-state index is 0.0222. The number of hydrogen-bond donors (Lipinski definition) is 2. The molecule has 1 aliphatic rings. The van der Waals surface area contributed by atoms with Gasteiger partial charge in [-0.25, -0.2) is 0 Å². The van der Waals surface area contributed by atoms with Crippen molar-refractivity contribution in [3.8, 4) is 0 Å². The number of aliphatic hydroxyl groups excluding tert-OH is 1. The van der Waals surface area contributed by atoms with Gasteiger partial charge in [0.15, 0.2) is 0 Å². The maximum absolute atomic E-state index is 13.0. The van der Waals surface area contributed by atoms with Gasteiger partial charge < -0.3 is 10.4 Å². The second kappa shape index (κ2) is 13.9. The Balaban J connectivity index is 1.37. The van der Waals surface area contributed by atoms with E-state index in [1.807, 2.05) is 61.8 Å². The number of fused-ring (bicyclic) bond motifs is 1. The fourth-order valence-electron chi connectivity index (χ4n) is 6.20. The fraction of sp³-hybridized carbons (Fsp3) is 0.361. The summed E-state index contributed by atoms with van der Waals surface area (Å²) in [6, 6.07) is 22.7. The number of nitrogens with zero attached hydrogens (tertiary/aromatic N) is 3. The zero-order chi connectivity index (χ0) is 29.5. The van der Waals surface area contributed by atoms with Crippen molar-refractivity contribution < 1.29 is 9.90 Å². The molecule has 1 amide bonds. The highest BCUT2D eigenvalue weighted by Gasteiger charge is 2.28. The highest BCUT2D eigenvalue weighted by atomic mass is 16.3. The first kappa shape index (κ1) is 29.6. The third-order valence-corrected chi connectivity index (χ3v) is 8.49. The SMILES string of the molecule is CC[C@H](C(=O)NCc1ccc(CN(Cc2ncc(C)cc2C)C2CCCc3cccnc32)c(CO)c1)c1ccccc1. The van der Waals surface area contributed by atoms with E-state index >= 15 is 0 Å². The summed E-state index contributed by atoms with van der Waals surface area (Å²) >= 11 is 0. The lowest BCUT2D eigenvalue weighted by Crippen LogP contribution is -2.32. The van der Waals surface area contributed by atoms with Crippen LogP contribution in [-0.2, 0) is 37.5 Å². The molecule has 2 N–H and O–H groups in total. The Labute approximate surface area is 249 Å². The van der Waals surface area contributed by atoms with Gasteiger partial charge in [0.05, 0.1) is 30.0 Å². The summed E-state index contributed by atoms with van der Waals surface area (Å²) in [5, 5.41) is 13.5. The molecule has 6 heteroatoms. The van der Waals surface area contributed by atoms with Gasteiger partial charge in [0.25, 0.3) is 0 Å². The molecule has 1 aliphatic carbocycles. The van der Waals surface area contributed by atoms with Crippen LogP contribution in [0.15, 0.2) is 79.1 Å². The molecule has 1 unspecified atom stereocenters. The van der Waals surface area contributed by atoms with E-state index in [2.05, 4.69) is 48.3 Å². The third kappa shape index (κ3) is 6.94. The van der Waals surface area contributed by atoms with E-state index in [9.17, 15) is 9.90 Å². The molecule has 0 fully saturated rings. The molecule has 2 aromatic carbocycles. The zero-order valence-corrected chi connectivity index (χ0v) is 25.0. The highest BCUT2D eigenvalue weighted by Crippen LogP contribution is 2.35. The molecule has 0 aliphatic heterocycles. The minimum Gasteiger partial charge on any atom is -0.392 e. The third-order valence-electron chi connectivity index (χ3n) is 8.49. The molecule has 5 rings (SSSR count). The van der Waals surface area contributed by atoms with Crippen molar-refractivity contribution in [2.45, 2.75) is 84.7 Å². The van der Waals surface area contributed by atoms with E-state index in [1.165, 1.54) is 11.1 Å². The van der Waals surface area contributed by atoms with Crippen molar-refractivity contribution in [3.63, 3.8) is 0 Å². The van der Waals surface area contributed by atoms with Gasteiger partial charge in [0, 0.05) is 32.0 Å². The molecule has 0 saturated carbocycles. The Morgan fingerprint density at radius 1 is 1.02 bits per heavy atom. The number of hydrogen-bond acceptors (Lipinski definition) is 5. The van der Waals surface area contributed by atoms with Crippen LogP contribution in [-0.4, -0.2) is 25.9 Å². The van der Waals surface area contributed by atoms with E-state index in [-0.39, 0.29) is 24.5 Å². The van der Waals surface area contributed by atoms with Crippen LogP contribution in [0.5, 0.6) is 0 Å². The number of pyridine rings is 2. The summed E-state index contributed by atoms with van der Waals surface area (Å²) in [6.07, 6.45) is 7.78. The Kier molecular flexibility index (Phi) is 9.78. The Hall–Kier alpha value is -3.87. The van der Waals surface area contributed by atoms with E-state index in [0.717, 1.165) is 64.9 Å². The predicted octanol–water partition coefficient (Wildman–Crippen LogP) is 6.48. The summed E-state index contributed by atoms with van der Waals surface area (Å²) in [7, 11) is 0. The quantitative estimate of drug-likeness (QED) is 0.219. The molecule has 2 aromatic heterocycles. The maximum Gasteiger partial charge on any atom is 0.227 e. The van der Waals surface area contributed by atoms with Crippen molar-refractivity contribution in [1.82, 2.24) is 20.2 Å². The molecule has 0 radical (unpaired) electrons. The molecular formula is C36H42N4O2. The average molecular weight is 563 g/mol. The lowest BCUT2D eigenvalue weighted by Gasteiger charge is -2.35. The summed E-state index contributed by atoms with van der Waals surface area (Å²) in [6.45, 7) is 7.97. The lowest BCUT2D eigenvalue weighted by atomic mass is 9.90. The van der Waals surface area contributed by atoms with Gasteiger partial charge in [0.2, 0.25) is 5.91 Å². The average Bonchev–Trinajstić information content (AvgIpc) is 3.02. The lowest BCUT2D eigenvalue weighted by molar-refractivity contribution is -0.122. The molecule has 0 bridgehead atoms. The van der Waals surface area contributed by atoms with Gasteiger partial charge >= 0.3 is 0 Å². The first-order valence-corrected chi connectivity index (χ1v) is 15.1. The van der Waals surface area contributed by atoms with E-state index in [4.69, 9.17) is 9.97 Å². The molecular weight excluding hydrogens is 520 g/mol. The summed E-state index contributed by atoms with van der Waals surface area (Å²) in [5.41, 5.74) is 9.86. The number of nitrogens with one attached hydrogen (secondary N) is 1. The van der Waals surface area contributed by atoms with Crippen LogP contribution < -0.4 is 5.32 Å². The standard InChI is InChI=1S/C36H42N4O2/c1-4-32(28-10-6-5-7-11-28)36(42)39-21-27-15-16-30(31(19-27)24-41)22-40(23-33-26(3)18-25(2)20-38-33)34-14-8-12-29-13-9-17-37-35(29)34/h5-7,9-11,13,15-20,32,34,41H,4,8,12,14,21-24H2,1-3H3,(H,39,42)/t32-,34?/m0/s1. The Morgan fingerprint density at radius 3 is 2.62 bits per heavy atom. The fourth-order valence-corrected chi connectivity index (χ4v) is 6.20. The second-order valence-electron chi connectivity index (χ2n) is 11.5. The molecule has 6 nitrogen and oxygen atoms in total.